The molecule has 1 aliphatic rings. The molecule has 0 bridgehead atoms. The summed E-state index contributed by atoms with van der Waals surface area (Å²) in [6.07, 6.45) is 1.24. The summed E-state index contributed by atoms with van der Waals surface area (Å²) in [5.41, 5.74) is 0. The molecule has 0 amide bonds. The van der Waals surface area contributed by atoms with E-state index >= 15 is 0 Å². The van der Waals surface area contributed by atoms with Crippen molar-refractivity contribution in [1.29, 1.82) is 0 Å². The highest BCUT2D eigenvalue weighted by Crippen LogP contribution is 2.19. The highest BCUT2D eigenvalue weighted by Gasteiger charge is 2.32. The number of aromatic nitrogens is 2. The lowest BCUT2D eigenvalue weighted by Gasteiger charge is -2.13. The van der Waals surface area contributed by atoms with Crippen LogP contribution >= 0.6 is 0 Å². The fourth-order valence-corrected chi connectivity index (χ4v) is 3.05. The Hall–Kier alpha value is -0.920. The maximum atomic E-state index is 11.9. The molecule has 6 nitrogen and oxygen atoms in total. The van der Waals surface area contributed by atoms with Gasteiger partial charge in [-0.2, -0.15) is 4.31 Å². The molecule has 7 heteroatoms. The lowest BCUT2D eigenvalue weighted by molar-refractivity contribution is 0.189. The third-order valence-electron chi connectivity index (χ3n) is 2.42. The van der Waals surface area contributed by atoms with Crippen molar-refractivity contribution < 1.29 is 13.5 Å². The molecule has 1 aromatic heterocycles. The van der Waals surface area contributed by atoms with E-state index in [1.807, 2.05) is 0 Å². The van der Waals surface area contributed by atoms with E-state index in [4.69, 9.17) is 0 Å². The van der Waals surface area contributed by atoms with Gasteiger partial charge in [0.2, 0.25) is 0 Å². The molecule has 1 aromatic rings. The fraction of sp³-hybridized carbons (Fsp3) is 0.625. The number of nitrogens with one attached hydrogen (secondary N) is 1. The quantitative estimate of drug-likeness (QED) is 0.716. The SMILES string of the molecule is Cc1ncc(S(=O)(=O)N2CC[C@H](O)C2)[nH]1. The maximum absolute atomic E-state index is 11.9. The Morgan fingerprint density at radius 1 is 1.67 bits per heavy atom. The van der Waals surface area contributed by atoms with Crippen LogP contribution in [0.4, 0.5) is 0 Å². The van der Waals surface area contributed by atoms with Gasteiger partial charge >= 0.3 is 0 Å². The molecule has 0 radical (unpaired) electrons. The first-order chi connectivity index (χ1) is 7.00. The van der Waals surface area contributed by atoms with E-state index in [0.29, 0.717) is 18.8 Å². The molecule has 1 aliphatic heterocycles. The highest BCUT2D eigenvalue weighted by molar-refractivity contribution is 7.89. The van der Waals surface area contributed by atoms with E-state index in [-0.39, 0.29) is 11.6 Å². The lowest BCUT2D eigenvalue weighted by atomic mass is 10.3. The van der Waals surface area contributed by atoms with Gasteiger partial charge in [0.05, 0.1) is 12.3 Å². The lowest BCUT2D eigenvalue weighted by Crippen LogP contribution is -2.29. The number of hydrogen-bond acceptors (Lipinski definition) is 4. The molecule has 2 heterocycles. The van der Waals surface area contributed by atoms with Crippen molar-refractivity contribution in [2.45, 2.75) is 24.5 Å². The molecule has 0 aromatic carbocycles. The highest BCUT2D eigenvalue weighted by atomic mass is 32.2. The smallest absolute Gasteiger partial charge is 0.260 e. The minimum atomic E-state index is -3.50. The van der Waals surface area contributed by atoms with Crippen LogP contribution in [0.2, 0.25) is 0 Å². The summed E-state index contributed by atoms with van der Waals surface area (Å²) in [4.78, 5) is 6.54. The molecule has 2 rings (SSSR count). The van der Waals surface area contributed by atoms with Gasteiger partial charge in [-0.05, 0) is 13.3 Å². The van der Waals surface area contributed by atoms with Crippen LogP contribution in [0.5, 0.6) is 0 Å². The Bertz CT molecular complexity index is 453. The summed E-state index contributed by atoms with van der Waals surface area (Å²) >= 11 is 0. The predicted octanol–water partition coefficient (Wildman–Crippen LogP) is -0.527. The average Bonchev–Trinajstić information content (AvgIpc) is 2.74. The summed E-state index contributed by atoms with van der Waals surface area (Å²) in [6, 6.07) is 0. The van der Waals surface area contributed by atoms with E-state index in [1.54, 1.807) is 6.92 Å². The Morgan fingerprint density at radius 2 is 2.40 bits per heavy atom. The van der Waals surface area contributed by atoms with Gasteiger partial charge in [-0.1, -0.05) is 0 Å². The zero-order valence-electron chi connectivity index (χ0n) is 8.34. The van der Waals surface area contributed by atoms with Crippen molar-refractivity contribution >= 4 is 10.0 Å². The molecule has 2 N–H and O–H groups in total. The number of hydrogen-bond donors (Lipinski definition) is 2. The average molecular weight is 231 g/mol. The van der Waals surface area contributed by atoms with Crippen molar-refractivity contribution in [1.82, 2.24) is 14.3 Å². The second kappa shape index (κ2) is 3.58. The molecular formula is C8H13N3O3S. The minimum Gasteiger partial charge on any atom is -0.392 e. The van der Waals surface area contributed by atoms with Gasteiger partial charge in [-0.3, -0.25) is 0 Å². The maximum Gasteiger partial charge on any atom is 0.260 e. The molecule has 0 spiro atoms. The van der Waals surface area contributed by atoms with E-state index < -0.39 is 16.1 Å². The number of H-pyrrole nitrogens is 1. The molecule has 0 aliphatic carbocycles. The molecule has 84 valence electrons. The van der Waals surface area contributed by atoms with E-state index in [9.17, 15) is 13.5 Å². The van der Waals surface area contributed by atoms with Crippen LogP contribution in [-0.4, -0.2) is 47.0 Å². The van der Waals surface area contributed by atoms with Crippen LogP contribution in [0.3, 0.4) is 0 Å². The van der Waals surface area contributed by atoms with Gasteiger partial charge < -0.3 is 10.1 Å². The molecular weight excluding hydrogens is 218 g/mol. The monoisotopic (exact) mass is 231 g/mol. The number of rotatable bonds is 2. The van der Waals surface area contributed by atoms with Gasteiger partial charge in [0.25, 0.3) is 10.0 Å². The Balaban J connectivity index is 2.27. The molecule has 0 unspecified atom stereocenters. The molecule has 0 saturated carbocycles. The number of imidazole rings is 1. The third kappa shape index (κ3) is 1.90. The first-order valence-corrected chi connectivity index (χ1v) is 6.14. The number of sulfonamides is 1. The van der Waals surface area contributed by atoms with Gasteiger partial charge in [-0.25, -0.2) is 13.4 Å². The van der Waals surface area contributed by atoms with Gasteiger partial charge in [-0.15, -0.1) is 0 Å². The van der Waals surface area contributed by atoms with Crippen LogP contribution in [-0.2, 0) is 10.0 Å². The largest absolute Gasteiger partial charge is 0.392 e. The summed E-state index contributed by atoms with van der Waals surface area (Å²) in [5, 5.41) is 9.37. The molecule has 15 heavy (non-hydrogen) atoms. The van der Waals surface area contributed by atoms with Crippen molar-refractivity contribution in [3.8, 4) is 0 Å². The Labute approximate surface area is 88.0 Å². The zero-order valence-corrected chi connectivity index (χ0v) is 9.16. The number of aryl methyl sites for hydroxylation is 1. The zero-order chi connectivity index (χ0) is 11.1. The summed E-state index contributed by atoms with van der Waals surface area (Å²) in [6.45, 7) is 2.22. The summed E-state index contributed by atoms with van der Waals surface area (Å²) < 4.78 is 25.1. The molecule has 1 fully saturated rings. The Kier molecular flexibility index (Phi) is 2.53. The molecule has 1 saturated heterocycles. The summed E-state index contributed by atoms with van der Waals surface area (Å²) in [5.74, 6) is 0.563. The normalized spacial score (nSPS) is 23.5. The van der Waals surface area contributed by atoms with Gasteiger partial charge in [0, 0.05) is 13.1 Å². The van der Waals surface area contributed by atoms with Gasteiger partial charge in [0.1, 0.15) is 5.82 Å². The second-order valence-corrected chi connectivity index (χ2v) is 5.54. The standard InChI is InChI=1S/C8H13N3O3S/c1-6-9-4-8(10-6)15(13,14)11-3-2-7(12)5-11/h4,7,12H,2-3,5H2,1H3,(H,9,10)/t7-/m0/s1. The van der Waals surface area contributed by atoms with Crippen LogP contribution in [0.15, 0.2) is 11.2 Å². The van der Waals surface area contributed by atoms with Crippen molar-refractivity contribution in [2.75, 3.05) is 13.1 Å². The number of aromatic amines is 1. The van der Waals surface area contributed by atoms with Crippen LogP contribution < -0.4 is 0 Å². The molecule has 1 atom stereocenters. The van der Waals surface area contributed by atoms with Gasteiger partial charge in [0.15, 0.2) is 5.03 Å². The van der Waals surface area contributed by atoms with Crippen LogP contribution in [0, 0.1) is 6.92 Å². The van der Waals surface area contributed by atoms with Crippen molar-refractivity contribution in [3.05, 3.63) is 12.0 Å². The van der Waals surface area contributed by atoms with Crippen molar-refractivity contribution in [2.24, 2.45) is 0 Å². The minimum absolute atomic E-state index is 0.0918. The first-order valence-electron chi connectivity index (χ1n) is 4.70. The Morgan fingerprint density at radius 3 is 2.87 bits per heavy atom. The van der Waals surface area contributed by atoms with Crippen LogP contribution in [0.1, 0.15) is 12.2 Å². The topological polar surface area (TPSA) is 86.3 Å². The number of nitrogens with zero attached hydrogens (tertiary/aromatic N) is 2. The second-order valence-electron chi connectivity index (χ2n) is 3.64. The van der Waals surface area contributed by atoms with E-state index in [2.05, 4.69) is 9.97 Å². The van der Waals surface area contributed by atoms with E-state index in [1.165, 1.54) is 10.5 Å². The predicted molar refractivity (Wildman–Crippen MR) is 52.7 cm³/mol. The van der Waals surface area contributed by atoms with E-state index in [0.717, 1.165) is 0 Å². The van der Waals surface area contributed by atoms with Crippen LogP contribution in [0.25, 0.3) is 0 Å². The van der Waals surface area contributed by atoms with Crippen molar-refractivity contribution in [3.63, 3.8) is 0 Å². The third-order valence-corrected chi connectivity index (χ3v) is 4.20. The summed E-state index contributed by atoms with van der Waals surface area (Å²) in [7, 11) is -3.50. The first kappa shape index (κ1) is 10.6. The fourth-order valence-electron chi connectivity index (χ4n) is 1.60. The number of aliphatic hydroxyl groups is 1. The number of aliphatic hydroxyl groups excluding tert-OH is 1. The number of β-amino-alcohol motifs (C(OH)–C–C–N with tert-alkyl or cyclic N) is 1.